The highest BCUT2D eigenvalue weighted by atomic mass is 32.1. The molecule has 0 unspecified atom stereocenters. The Morgan fingerprint density at radius 3 is 3.18 bits per heavy atom. The largest absolute Gasteiger partial charge is 0.481 e. The molecule has 1 aliphatic carbocycles. The number of thiophene rings is 1. The Balaban J connectivity index is 1.74. The van der Waals surface area contributed by atoms with Crippen LogP contribution in [-0.2, 0) is 11.3 Å². The van der Waals surface area contributed by atoms with E-state index in [2.05, 4.69) is 21.7 Å². The van der Waals surface area contributed by atoms with Crippen LogP contribution in [0.15, 0.2) is 16.8 Å². The van der Waals surface area contributed by atoms with E-state index in [-0.39, 0.29) is 0 Å². The number of aliphatic carboxylic acids is 1. The topological polar surface area (TPSA) is 40.5 Å². The molecule has 0 spiro atoms. The van der Waals surface area contributed by atoms with Gasteiger partial charge in [0, 0.05) is 19.6 Å². The van der Waals surface area contributed by atoms with Crippen LogP contribution in [0.25, 0.3) is 0 Å². The van der Waals surface area contributed by atoms with Gasteiger partial charge in [-0.2, -0.15) is 11.3 Å². The van der Waals surface area contributed by atoms with Crippen molar-refractivity contribution in [1.82, 2.24) is 4.90 Å². The van der Waals surface area contributed by atoms with Crippen LogP contribution in [0.2, 0.25) is 0 Å². The van der Waals surface area contributed by atoms with Crippen molar-refractivity contribution in [2.75, 3.05) is 13.1 Å². The van der Waals surface area contributed by atoms with E-state index >= 15 is 0 Å². The van der Waals surface area contributed by atoms with Crippen LogP contribution in [-0.4, -0.2) is 29.1 Å². The monoisotopic (exact) mass is 251 g/mol. The molecule has 2 aliphatic rings. The maximum atomic E-state index is 11.5. The zero-order valence-electron chi connectivity index (χ0n) is 9.76. The predicted octanol–water partition coefficient (Wildman–Crippen LogP) is 2.43. The minimum atomic E-state index is -0.576. The molecule has 0 radical (unpaired) electrons. The second kappa shape index (κ2) is 4.10. The predicted molar refractivity (Wildman–Crippen MR) is 67.0 cm³/mol. The second-order valence-electron chi connectivity index (χ2n) is 5.35. The summed E-state index contributed by atoms with van der Waals surface area (Å²) in [6.07, 6.45) is 3.04. The molecule has 1 aromatic heterocycles. The van der Waals surface area contributed by atoms with E-state index in [4.69, 9.17) is 0 Å². The van der Waals surface area contributed by atoms with Gasteiger partial charge in [-0.1, -0.05) is 6.42 Å². The van der Waals surface area contributed by atoms with Gasteiger partial charge < -0.3 is 5.11 Å². The molecule has 1 aliphatic heterocycles. The first kappa shape index (κ1) is 11.2. The third-order valence-corrected chi connectivity index (χ3v) is 5.09. The lowest BCUT2D eigenvalue weighted by Crippen LogP contribution is -2.35. The van der Waals surface area contributed by atoms with Gasteiger partial charge in [-0.25, -0.2) is 0 Å². The van der Waals surface area contributed by atoms with Crippen LogP contribution >= 0.6 is 11.3 Å². The molecule has 2 fully saturated rings. The Morgan fingerprint density at radius 1 is 1.65 bits per heavy atom. The number of carboxylic acids is 1. The molecule has 1 saturated heterocycles. The Kier molecular flexibility index (Phi) is 2.71. The molecular formula is C13H17NO2S. The maximum absolute atomic E-state index is 11.5. The number of carbonyl (C=O) groups is 1. The molecular weight excluding hydrogens is 234 g/mol. The molecule has 2 atom stereocenters. The molecule has 3 rings (SSSR count). The first-order chi connectivity index (χ1) is 8.21. The van der Waals surface area contributed by atoms with Gasteiger partial charge in [0.2, 0.25) is 0 Å². The molecule has 1 N–H and O–H groups in total. The fraction of sp³-hybridized carbons (Fsp3) is 0.615. The average Bonchev–Trinajstić information content (AvgIpc) is 2.92. The summed E-state index contributed by atoms with van der Waals surface area (Å²) in [6.45, 7) is 2.61. The number of hydrogen-bond donors (Lipinski definition) is 1. The SMILES string of the molecule is O=C(O)[C@@]12CCC[C@H]1CN(Cc1ccsc1)C2. The normalized spacial score (nSPS) is 32.8. The fourth-order valence-corrected chi connectivity index (χ4v) is 4.16. The van der Waals surface area contributed by atoms with Crippen molar-refractivity contribution in [3.63, 3.8) is 0 Å². The van der Waals surface area contributed by atoms with Gasteiger partial charge in [-0.15, -0.1) is 0 Å². The van der Waals surface area contributed by atoms with E-state index in [1.165, 1.54) is 5.56 Å². The molecule has 92 valence electrons. The highest BCUT2D eigenvalue weighted by Crippen LogP contribution is 2.49. The second-order valence-corrected chi connectivity index (χ2v) is 6.13. The van der Waals surface area contributed by atoms with Crippen molar-refractivity contribution >= 4 is 17.3 Å². The molecule has 1 saturated carbocycles. The molecule has 2 heterocycles. The van der Waals surface area contributed by atoms with Gasteiger partial charge in [-0.05, 0) is 41.1 Å². The van der Waals surface area contributed by atoms with E-state index in [1.807, 2.05) is 0 Å². The highest BCUT2D eigenvalue weighted by molar-refractivity contribution is 7.07. The number of carboxylic acid groups (broad SMARTS) is 1. The minimum Gasteiger partial charge on any atom is -0.481 e. The third-order valence-electron chi connectivity index (χ3n) is 4.35. The highest BCUT2D eigenvalue weighted by Gasteiger charge is 2.54. The van der Waals surface area contributed by atoms with Crippen LogP contribution in [0.4, 0.5) is 0 Å². The summed E-state index contributed by atoms with van der Waals surface area (Å²) in [6, 6.07) is 2.13. The molecule has 17 heavy (non-hydrogen) atoms. The Labute approximate surface area is 105 Å². The van der Waals surface area contributed by atoms with E-state index in [1.54, 1.807) is 11.3 Å². The van der Waals surface area contributed by atoms with Crippen molar-refractivity contribution in [2.45, 2.75) is 25.8 Å². The first-order valence-corrected chi connectivity index (χ1v) is 7.12. The third kappa shape index (κ3) is 1.79. The Morgan fingerprint density at radius 2 is 2.53 bits per heavy atom. The zero-order valence-corrected chi connectivity index (χ0v) is 10.6. The summed E-state index contributed by atoms with van der Waals surface area (Å²) < 4.78 is 0. The molecule has 1 aromatic rings. The lowest BCUT2D eigenvalue weighted by Gasteiger charge is -2.23. The van der Waals surface area contributed by atoms with E-state index in [0.717, 1.165) is 38.9 Å². The number of nitrogens with zero attached hydrogens (tertiary/aromatic N) is 1. The number of likely N-dealkylation sites (tertiary alicyclic amines) is 1. The lowest BCUT2D eigenvalue weighted by molar-refractivity contribution is -0.149. The van der Waals surface area contributed by atoms with Crippen LogP contribution in [0.3, 0.4) is 0 Å². The maximum Gasteiger partial charge on any atom is 0.311 e. The Bertz CT molecular complexity index is 417. The summed E-state index contributed by atoms with van der Waals surface area (Å²) in [5.74, 6) is -0.202. The van der Waals surface area contributed by atoms with Gasteiger partial charge in [0.25, 0.3) is 0 Å². The van der Waals surface area contributed by atoms with E-state index in [0.29, 0.717) is 5.92 Å². The quantitative estimate of drug-likeness (QED) is 0.897. The summed E-state index contributed by atoms with van der Waals surface area (Å²) >= 11 is 1.71. The van der Waals surface area contributed by atoms with Crippen molar-refractivity contribution in [3.05, 3.63) is 22.4 Å². The van der Waals surface area contributed by atoms with E-state index < -0.39 is 11.4 Å². The molecule has 0 aromatic carbocycles. The van der Waals surface area contributed by atoms with Gasteiger partial charge in [0.1, 0.15) is 0 Å². The van der Waals surface area contributed by atoms with Crippen LogP contribution in [0.1, 0.15) is 24.8 Å². The van der Waals surface area contributed by atoms with Crippen molar-refractivity contribution in [3.8, 4) is 0 Å². The minimum absolute atomic E-state index is 0.374. The van der Waals surface area contributed by atoms with Crippen LogP contribution in [0.5, 0.6) is 0 Å². The number of hydrogen-bond acceptors (Lipinski definition) is 3. The standard InChI is InChI=1S/C13H17NO2S/c15-12(16)13-4-1-2-11(13)7-14(9-13)6-10-3-5-17-8-10/h3,5,8,11H,1-2,4,6-7,9H2,(H,15,16)/t11-,13+/m0/s1. The Hall–Kier alpha value is -0.870. The van der Waals surface area contributed by atoms with E-state index in [9.17, 15) is 9.90 Å². The summed E-state index contributed by atoms with van der Waals surface area (Å²) in [4.78, 5) is 13.8. The number of fused-ring (bicyclic) bond motifs is 1. The fourth-order valence-electron chi connectivity index (χ4n) is 3.50. The lowest BCUT2D eigenvalue weighted by atomic mass is 9.81. The molecule has 0 bridgehead atoms. The van der Waals surface area contributed by atoms with Crippen LogP contribution < -0.4 is 0 Å². The summed E-state index contributed by atoms with van der Waals surface area (Å²) in [7, 11) is 0. The van der Waals surface area contributed by atoms with Gasteiger partial charge >= 0.3 is 5.97 Å². The number of rotatable bonds is 3. The smallest absolute Gasteiger partial charge is 0.311 e. The summed E-state index contributed by atoms with van der Waals surface area (Å²) in [5.41, 5.74) is 0.881. The average molecular weight is 251 g/mol. The molecule has 0 amide bonds. The van der Waals surface area contributed by atoms with Gasteiger partial charge in [0.15, 0.2) is 0 Å². The van der Waals surface area contributed by atoms with Crippen molar-refractivity contribution < 1.29 is 9.90 Å². The van der Waals surface area contributed by atoms with Gasteiger partial charge in [0.05, 0.1) is 5.41 Å². The van der Waals surface area contributed by atoms with Crippen molar-refractivity contribution in [2.24, 2.45) is 11.3 Å². The van der Waals surface area contributed by atoms with Crippen LogP contribution in [0, 0.1) is 11.3 Å². The first-order valence-electron chi connectivity index (χ1n) is 6.17. The van der Waals surface area contributed by atoms with Gasteiger partial charge in [-0.3, -0.25) is 9.69 Å². The molecule has 4 heteroatoms. The summed E-state index contributed by atoms with van der Waals surface area (Å²) in [5, 5.41) is 13.7. The van der Waals surface area contributed by atoms with Crippen molar-refractivity contribution in [1.29, 1.82) is 0 Å². The molecule has 3 nitrogen and oxygen atoms in total. The zero-order chi connectivity index (χ0) is 11.9.